The summed E-state index contributed by atoms with van der Waals surface area (Å²) in [5.41, 5.74) is 0. The number of halogens is 2. The summed E-state index contributed by atoms with van der Waals surface area (Å²) in [6.45, 7) is 0.508. The molecular formula is C15H15F2NO2S3. The predicted molar refractivity (Wildman–Crippen MR) is 89.3 cm³/mol. The molecule has 1 fully saturated rings. The van der Waals surface area contributed by atoms with E-state index < -0.39 is 26.6 Å². The molecule has 2 aromatic rings. The predicted octanol–water partition coefficient (Wildman–Crippen LogP) is 3.90. The summed E-state index contributed by atoms with van der Waals surface area (Å²) in [5.74, 6) is -1.49. The number of thiophene rings is 1. The van der Waals surface area contributed by atoms with Gasteiger partial charge in [-0.2, -0.15) is 16.1 Å². The molecule has 1 aromatic heterocycles. The molecule has 0 N–H and O–H groups in total. The molecule has 0 unspecified atom stereocenters. The van der Waals surface area contributed by atoms with Gasteiger partial charge in [0.1, 0.15) is 11.6 Å². The minimum absolute atomic E-state index is 0.223. The summed E-state index contributed by atoms with van der Waals surface area (Å²) in [4.78, 5) is 0.353. The van der Waals surface area contributed by atoms with Crippen LogP contribution in [0.5, 0.6) is 0 Å². The van der Waals surface area contributed by atoms with Crippen molar-refractivity contribution >= 4 is 33.1 Å². The fourth-order valence-corrected chi connectivity index (χ4v) is 6.47. The van der Waals surface area contributed by atoms with Crippen molar-refractivity contribution < 1.29 is 17.2 Å². The molecule has 0 amide bonds. The minimum Gasteiger partial charge on any atom is -0.207 e. The van der Waals surface area contributed by atoms with Gasteiger partial charge < -0.3 is 0 Å². The Hall–Kier alpha value is -0.960. The Labute approximate surface area is 142 Å². The monoisotopic (exact) mass is 375 g/mol. The van der Waals surface area contributed by atoms with Crippen molar-refractivity contribution in [2.75, 3.05) is 18.8 Å². The number of hydrogen-bond acceptors (Lipinski definition) is 4. The maximum absolute atomic E-state index is 13.9. The molecule has 1 aromatic carbocycles. The maximum Gasteiger partial charge on any atom is 0.248 e. The molecule has 0 saturated carbocycles. The highest BCUT2D eigenvalue weighted by Crippen LogP contribution is 2.38. The topological polar surface area (TPSA) is 37.4 Å². The Morgan fingerprint density at radius 2 is 1.83 bits per heavy atom. The van der Waals surface area contributed by atoms with Crippen molar-refractivity contribution in [3.8, 4) is 0 Å². The molecule has 2 heterocycles. The zero-order chi connectivity index (χ0) is 16.4. The van der Waals surface area contributed by atoms with Gasteiger partial charge in [-0.1, -0.05) is 12.1 Å². The van der Waals surface area contributed by atoms with Crippen molar-refractivity contribution in [2.45, 2.75) is 16.6 Å². The van der Waals surface area contributed by atoms with E-state index in [1.165, 1.54) is 9.18 Å². The van der Waals surface area contributed by atoms with Crippen LogP contribution >= 0.6 is 23.1 Å². The first-order chi connectivity index (χ1) is 11.0. The van der Waals surface area contributed by atoms with Crippen molar-refractivity contribution in [1.82, 2.24) is 4.31 Å². The minimum atomic E-state index is -4.17. The molecule has 23 heavy (non-hydrogen) atoms. The molecule has 0 bridgehead atoms. The van der Waals surface area contributed by atoms with E-state index in [0.29, 0.717) is 12.2 Å². The standard InChI is InChI=1S/C15H15F2NO2S3/c16-11-3-1-4-12(17)15(11)23(19,20)18-7-6-14(22-10-8-18)13-5-2-9-21-13/h1-5,9,14H,6-8,10H2/t14-/m0/s1. The van der Waals surface area contributed by atoms with Crippen LogP contribution < -0.4 is 0 Å². The fourth-order valence-electron chi connectivity index (χ4n) is 2.55. The smallest absolute Gasteiger partial charge is 0.207 e. The van der Waals surface area contributed by atoms with Gasteiger partial charge in [0.25, 0.3) is 0 Å². The van der Waals surface area contributed by atoms with Gasteiger partial charge in [-0.05, 0) is 30.0 Å². The van der Waals surface area contributed by atoms with Crippen LogP contribution in [0.15, 0.2) is 40.6 Å². The lowest BCUT2D eigenvalue weighted by Crippen LogP contribution is -2.34. The first kappa shape index (κ1) is 16.9. The number of thioether (sulfide) groups is 1. The lowest BCUT2D eigenvalue weighted by molar-refractivity contribution is 0.417. The van der Waals surface area contributed by atoms with Crippen molar-refractivity contribution in [3.63, 3.8) is 0 Å². The Bertz CT molecular complexity index is 758. The Morgan fingerprint density at radius 1 is 1.09 bits per heavy atom. The maximum atomic E-state index is 13.9. The lowest BCUT2D eigenvalue weighted by Gasteiger charge is -2.20. The van der Waals surface area contributed by atoms with E-state index in [1.54, 1.807) is 23.1 Å². The molecular weight excluding hydrogens is 360 g/mol. The highest BCUT2D eigenvalue weighted by Gasteiger charge is 2.32. The summed E-state index contributed by atoms with van der Waals surface area (Å²) < 4.78 is 54.1. The SMILES string of the molecule is O=S(=O)(c1c(F)cccc1F)N1CCS[C@H](c2cccs2)CC1. The Balaban J connectivity index is 1.84. The number of benzene rings is 1. The lowest BCUT2D eigenvalue weighted by atomic mass is 10.2. The quantitative estimate of drug-likeness (QED) is 0.817. The third-order valence-electron chi connectivity index (χ3n) is 3.68. The summed E-state index contributed by atoms with van der Waals surface area (Å²) >= 11 is 3.32. The van der Waals surface area contributed by atoms with Gasteiger partial charge in [0, 0.05) is 29.0 Å². The second-order valence-corrected chi connectivity index (χ2v) is 9.28. The number of rotatable bonds is 3. The van der Waals surface area contributed by atoms with E-state index in [-0.39, 0.29) is 18.3 Å². The number of nitrogens with zero attached hydrogens (tertiary/aromatic N) is 1. The van der Waals surface area contributed by atoms with Crippen LogP contribution in [0.4, 0.5) is 8.78 Å². The van der Waals surface area contributed by atoms with Crippen LogP contribution in [0.2, 0.25) is 0 Å². The van der Waals surface area contributed by atoms with E-state index in [4.69, 9.17) is 0 Å². The first-order valence-corrected chi connectivity index (χ1v) is 10.5. The Morgan fingerprint density at radius 3 is 2.48 bits per heavy atom. The fraction of sp³-hybridized carbons (Fsp3) is 0.333. The molecule has 3 nitrogen and oxygen atoms in total. The summed E-state index contributed by atoms with van der Waals surface area (Å²) in [6, 6.07) is 7.10. The van der Waals surface area contributed by atoms with Crippen LogP contribution in [-0.2, 0) is 10.0 Å². The zero-order valence-electron chi connectivity index (χ0n) is 12.1. The molecule has 0 aliphatic carbocycles. The van der Waals surface area contributed by atoms with E-state index >= 15 is 0 Å². The summed E-state index contributed by atoms with van der Waals surface area (Å²) in [7, 11) is -4.17. The van der Waals surface area contributed by atoms with Gasteiger partial charge in [0.15, 0.2) is 4.90 Å². The van der Waals surface area contributed by atoms with Gasteiger partial charge >= 0.3 is 0 Å². The third-order valence-corrected chi connectivity index (χ3v) is 8.07. The van der Waals surface area contributed by atoms with Crippen molar-refractivity contribution in [3.05, 3.63) is 52.2 Å². The zero-order valence-corrected chi connectivity index (χ0v) is 14.6. The molecule has 1 atom stereocenters. The van der Waals surface area contributed by atoms with Gasteiger partial charge in [-0.25, -0.2) is 17.2 Å². The van der Waals surface area contributed by atoms with E-state index in [1.807, 2.05) is 17.5 Å². The first-order valence-electron chi connectivity index (χ1n) is 7.09. The summed E-state index contributed by atoms with van der Waals surface area (Å²) in [5, 5.41) is 2.21. The molecule has 124 valence electrons. The van der Waals surface area contributed by atoms with Crippen LogP contribution in [0.3, 0.4) is 0 Å². The van der Waals surface area contributed by atoms with Crippen LogP contribution in [-0.4, -0.2) is 31.6 Å². The van der Waals surface area contributed by atoms with Crippen molar-refractivity contribution in [2.24, 2.45) is 0 Å². The van der Waals surface area contributed by atoms with Crippen LogP contribution in [0.25, 0.3) is 0 Å². The number of hydrogen-bond donors (Lipinski definition) is 0. The van der Waals surface area contributed by atoms with E-state index in [0.717, 1.165) is 18.2 Å². The largest absolute Gasteiger partial charge is 0.248 e. The molecule has 0 radical (unpaired) electrons. The van der Waals surface area contributed by atoms with Crippen molar-refractivity contribution in [1.29, 1.82) is 0 Å². The number of sulfonamides is 1. The second kappa shape index (κ2) is 6.88. The van der Waals surface area contributed by atoms with Gasteiger partial charge in [-0.3, -0.25) is 0 Å². The molecule has 1 aliphatic heterocycles. The van der Waals surface area contributed by atoms with Gasteiger partial charge in [0.2, 0.25) is 10.0 Å². The highest BCUT2D eigenvalue weighted by molar-refractivity contribution is 7.99. The van der Waals surface area contributed by atoms with E-state index in [2.05, 4.69) is 0 Å². The average Bonchev–Trinajstić information content (AvgIpc) is 2.91. The Kier molecular flexibility index (Phi) is 5.05. The molecule has 1 aliphatic rings. The van der Waals surface area contributed by atoms with E-state index in [9.17, 15) is 17.2 Å². The highest BCUT2D eigenvalue weighted by atomic mass is 32.2. The molecule has 8 heteroatoms. The molecule has 3 rings (SSSR count). The average molecular weight is 375 g/mol. The molecule has 1 saturated heterocycles. The second-order valence-electron chi connectivity index (χ2n) is 5.12. The van der Waals surface area contributed by atoms with Crippen LogP contribution in [0.1, 0.15) is 16.5 Å². The van der Waals surface area contributed by atoms with Gasteiger partial charge in [0.05, 0.1) is 0 Å². The molecule has 0 spiro atoms. The van der Waals surface area contributed by atoms with Crippen LogP contribution in [0, 0.1) is 11.6 Å². The summed E-state index contributed by atoms with van der Waals surface area (Å²) in [6.07, 6.45) is 0.625. The van der Waals surface area contributed by atoms with Gasteiger partial charge in [-0.15, -0.1) is 11.3 Å². The third kappa shape index (κ3) is 3.45. The normalized spacial score (nSPS) is 20.3.